The molecule has 1 atom stereocenters. The smallest absolute Gasteiger partial charge is 0.298 e. The summed E-state index contributed by atoms with van der Waals surface area (Å²) in [6.45, 7) is 0. The number of aliphatic imine (C=N–C) groups is 1. The number of benzene rings is 1. The van der Waals surface area contributed by atoms with Crippen LogP contribution in [0.2, 0.25) is 0 Å². The van der Waals surface area contributed by atoms with Gasteiger partial charge in [0.2, 0.25) is 0 Å². The lowest BCUT2D eigenvalue weighted by atomic mass is 9.74. The van der Waals surface area contributed by atoms with Gasteiger partial charge in [-0.1, -0.05) is 12.1 Å². The number of methoxy groups -OCH3 is 1. The molecule has 7 heteroatoms. The Balaban J connectivity index is 1.39. The summed E-state index contributed by atoms with van der Waals surface area (Å²) in [4.78, 5) is 13.6. The maximum absolute atomic E-state index is 6.25. The van der Waals surface area contributed by atoms with Crippen molar-refractivity contribution in [3.05, 3.63) is 42.6 Å². The molecule has 26 heavy (non-hydrogen) atoms. The van der Waals surface area contributed by atoms with E-state index in [4.69, 9.17) is 10.5 Å². The van der Waals surface area contributed by atoms with E-state index in [0.717, 1.165) is 35.4 Å². The van der Waals surface area contributed by atoms with E-state index in [0.29, 0.717) is 23.8 Å². The Bertz CT molecular complexity index is 1000. The molecule has 3 N–H and O–H groups in total. The largest absolute Gasteiger partial charge is 0.468 e. The predicted molar refractivity (Wildman–Crippen MR) is 101 cm³/mol. The van der Waals surface area contributed by atoms with Crippen molar-refractivity contribution in [2.75, 3.05) is 12.4 Å². The van der Waals surface area contributed by atoms with E-state index in [1.165, 1.54) is 0 Å². The van der Waals surface area contributed by atoms with E-state index in [1.54, 1.807) is 13.3 Å². The molecule has 1 saturated carbocycles. The number of imidazole rings is 1. The standard InChI is InChI=1S/C19H20N6O/c1-26-19-24-15-7-4-8-21-18(15)25(19)12-9-11(10-12)16-17(20)23-14-6-3-2-5-13(14)22-16/h2-8,11-12,16,22H,9-10H2,1H3,(H2,20,23)/t11?,12?,16-/m0/s1. The topological polar surface area (TPSA) is 90.4 Å². The number of anilines is 1. The number of para-hydroxylation sites is 2. The first-order valence-electron chi connectivity index (χ1n) is 8.81. The number of amidine groups is 1. The van der Waals surface area contributed by atoms with Gasteiger partial charge in [-0.3, -0.25) is 4.57 Å². The van der Waals surface area contributed by atoms with Crippen LogP contribution < -0.4 is 15.8 Å². The number of nitrogens with zero attached hydrogens (tertiary/aromatic N) is 4. The molecule has 1 fully saturated rings. The summed E-state index contributed by atoms with van der Waals surface area (Å²) in [5.41, 5.74) is 9.93. The Kier molecular flexibility index (Phi) is 3.34. The minimum atomic E-state index is 0.0647. The fourth-order valence-electron chi connectivity index (χ4n) is 4.00. The molecule has 7 nitrogen and oxygen atoms in total. The van der Waals surface area contributed by atoms with E-state index in [9.17, 15) is 0 Å². The summed E-state index contributed by atoms with van der Waals surface area (Å²) < 4.78 is 7.59. The van der Waals surface area contributed by atoms with Crippen molar-refractivity contribution < 1.29 is 4.74 Å². The van der Waals surface area contributed by atoms with Crippen LogP contribution in [-0.2, 0) is 0 Å². The summed E-state index contributed by atoms with van der Waals surface area (Å²) in [7, 11) is 1.65. The average molecular weight is 348 g/mol. The van der Waals surface area contributed by atoms with E-state index in [-0.39, 0.29) is 6.04 Å². The summed E-state index contributed by atoms with van der Waals surface area (Å²) >= 11 is 0. The molecule has 0 spiro atoms. The van der Waals surface area contributed by atoms with Crippen molar-refractivity contribution >= 4 is 28.4 Å². The summed E-state index contributed by atoms with van der Waals surface area (Å²) in [5, 5.41) is 3.55. The highest BCUT2D eigenvalue weighted by Gasteiger charge is 2.41. The van der Waals surface area contributed by atoms with Crippen molar-refractivity contribution in [2.45, 2.75) is 24.9 Å². The lowest BCUT2D eigenvalue weighted by molar-refractivity contribution is 0.182. The molecule has 1 aliphatic heterocycles. The Labute approximate surface area is 150 Å². The number of pyridine rings is 1. The minimum absolute atomic E-state index is 0.0647. The van der Waals surface area contributed by atoms with Crippen LogP contribution in [0.15, 0.2) is 47.6 Å². The SMILES string of the molecule is COc1nc2cccnc2n1C1CC([C@@H]2Nc3ccccc3N=C2N)C1. The maximum Gasteiger partial charge on any atom is 0.298 e. The summed E-state index contributed by atoms with van der Waals surface area (Å²) in [6.07, 6.45) is 3.75. The number of hydrogen-bond acceptors (Lipinski definition) is 6. The number of aromatic nitrogens is 3. The maximum atomic E-state index is 6.25. The molecule has 2 aliphatic rings. The van der Waals surface area contributed by atoms with Crippen LogP contribution in [0.25, 0.3) is 11.2 Å². The van der Waals surface area contributed by atoms with Crippen molar-refractivity contribution in [3.63, 3.8) is 0 Å². The second-order valence-corrected chi connectivity index (χ2v) is 6.88. The number of hydrogen-bond donors (Lipinski definition) is 2. The van der Waals surface area contributed by atoms with Crippen LogP contribution in [0.4, 0.5) is 11.4 Å². The van der Waals surface area contributed by atoms with E-state index >= 15 is 0 Å². The molecule has 0 saturated heterocycles. The molecule has 0 amide bonds. The van der Waals surface area contributed by atoms with Crippen LogP contribution in [0.1, 0.15) is 18.9 Å². The average Bonchev–Trinajstić information content (AvgIpc) is 2.99. The highest BCUT2D eigenvalue weighted by atomic mass is 16.5. The molecule has 1 aliphatic carbocycles. The van der Waals surface area contributed by atoms with E-state index < -0.39 is 0 Å². The van der Waals surface area contributed by atoms with Gasteiger partial charge in [0.05, 0.1) is 24.5 Å². The molecule has 2 aromatic heterocycles. The Morgan fingerprint density at radius 3 is 2.88 bits per heavy atom. The summed E-state index contributed by atoms with van der Waals surface area (Å²) in [6, 6.07) is 12.8. The minimum Gasteiger partial charge on any atom is -0.468 e. The zero-order valence-corrected chi connectivity index (χ0v) is 14.5. The molecule has 1 aromatic carbocycles. The number of nitrogens with one attached hydrogen (secondary N) is 1. The van der Waals surface area contributed by atoms with Gasteiger partial charge in [-0.25, -0.2) is 9.98 Å². The normalized spacial score (nSPS) is 24.3. The van der Waals surface area contributed by atoms with E-state index in [1.807, 2.05) is 36.4 Å². The van der Waals surface area contributed by atoms with Gasteiger partial charge in [-0.15, -0.1) is 0 Å². The molecule has 3 heterocycles. The zero-order chi connectivity index (χ0) is 17.7. The van der Waals surface area contributed by atoms with Gasteiger partial charge in [0.1, 0.15) is 11.4 Å². The van der Waals surface area contributed by atoms with Gasteiger partial charge in [0.15, 0.2) is 5.65 Å². The first-order chi connectivity index (χ1) is 12.7. The molecule has 0 bridgehead atoms. The third kappa shape index (κ3) is 2.23. The van der Waals surface area contributed by atoms with Gasteiger partial charge < -0.3 is 15.8 Å². The number of fused-ring (bicyclic) bond motifs is 2. The molecule has 0 radical (unpaired) electrons. The van der Waals surface area contributed by atoms with Crippen molar-refractivity contribution in [1.82, 2.24) is 14.5 Å². The van der Waals surface area contributed by atoms with Crippen LogP contribution in [0.3, 0.4) is 0 Å². The molecule has 0 unspecified atom stereocenters. The molecular formula is C19H20N6O. The monoisotopic (exact) mass is 348 g/mol. The second kappa shape index (κ2) is 5.72. The zero-order valence-electron chi connectivity index (χ0n) is 14.5. The molecule has 3 aromatic rings. The number of ether oxygens (including phenoxy) is 1. The lowest BCUT2D eigenvalue weighted by Gasteiger charge is -2.42. The fraction of sp³-hybridized carbons (Fsp3) is 0.316. The van der Waals surface area contributed by atoms with Crippen LogP contribution in [-0.4, -0.2) is 33.5 Å². The van der Waals surface area contributed by atoms with Gasteiger partial charge >= 0.3 is 0 Å². The number of nitrogens with two attached hydrogens (primary N) is 1. The number of rotatable bonds is 3. The van der Waals surface area contributed by atoms with Crippen molar-refractivity contribution in [3.8, 4) is 6.01 Å². The van der Waals surface area contributed by atoms with Crippen LogP contribution >= 0.6 is 0 Å². The van der Waals surface area contributed by atoms with Gasteiger partial charge in [-0.2, -0.15) is 4.98 Å². The first kappa shape index (κ1) is 15.2. The molecular weight excluding hydrogens is 328 g/mol. The Hall–Kier alpha value is -3.09. The fourth-order valence-corrected chi connectivity index (χ4v) is 4.00. The Morgan fingerprint density at radius 1 is 1.19 bits per heavy atom. The quantitative estimate of drug-likeness (QED) is 0.759. The molecule has 5 rings (SSSR count). The first-order valence-corrected chi connectivity index (χ1v) is 8.81. The summed E-state index contributed by atoms with van der Waals surface area (Å²) in [5.74, 6) is 1.08. The van der Waals surface area contributed by atoms with Crippen LogP contribution in [0, 0.1) is 5.92 Å². The highest BCUT2D eigenvalue weighted by Crippen LogP contribution is 2.45. The highest BCUT2D eigenvalue weighted by molar-refractivity contribution is 5.95. The lowest BCUT2D eigenvalue weighted by Crippen LogP contribution is -2.48. The van der Waals surface area contributed by atoms with Crippen LogP contribution in [0.5, 0.6) is 6.01 Å². The third-order valence-corrected chi connectivity index (χ3v) is 5.37. The molecule has 132 valence electrons. The van der Waals surface area contributed by atoms with Crippen molar-refractivity contribution in [2.24, 2.45) is 16.6 Å². The Morgan fingerprint density at radius 2 is 2.04 bits per heavy atom. The van der Waals surface area contributed by atoms with Gasteiger partial charge in [0.25, 0.3) is 6.01 Å². The predicted octanol–water partition coefficient (Wildman–Crippen LogP) is 2.87. The van der Waals surface area contributed by atoms with Crippen molar-refractivity contribution in [1.29, 1.82) is 0 Å². The third-order valence-electron chi connectivity index (χ3n) is 5.37. The van der Waals surface area contributed by atoms with E-state index in [2.05, 4.69) is 24.8 Å². The van der Waals surface area contributed by atoms with Gasteiger partial charge in [-0.05, 0) is 43.0 Å². The van der Waals surface area contributed by atoms with Gasteiger partial charge in [0, 0.05) is 12.2 Å². The second-order valence-electron chi connectivity index (χ2n) is 6.88.